The number of nitro groups is 1. The molecular formula is C18H16N4O4S. The SMILES string of the molecule is COc1ccc(-c2csc(N/N=C\c3ccc([N+](=O)[O-])cc3)n2)cc1OC. The molecule has 0 atom stereocenters. The molecule has 0 unspecified atom stereocenters. The molecule has 0 aliphatic heterocycles. The summed E-state index contributed by atoms with van der Waals surface area (Å²) in [6.07, 6.45) is 1.57. The van der Waals surface area contributed by atoms with E-state index >= 15 is 0 Å². The summed E-state index contributed by atoms with van der Waals surface area (Å²) >= 11 is 1.41. The van der Waals surface area contributed by atoms with Gasteiger partial charge in [0.2, 0.25) is 5.13 Å². The largest absolute Gasteiger partial charge is 0.493 e. The van der Waals surface area contributed by atoms with E-state index in [0.717, 1.165) is 16.8 Å². The molecule has 0 bridgehead atoms. The van der Waals surface area contributed by atoms with E-state index in [4.69, 9.17) is 9.47 Å². The maximum absolute atomic E-state index is 10.6. The lowest BCUT2D eigenvalue weighted by molar-refractivity contribution is -0.384. The van der Waals surface area contributed by atoms with Gasteiger partial charge >= 0.3 is 0 Å². The quantitative estimate of drug-likeness (QED) is 0.373. The van der Waals surface area contributed by atoms with Crippen molar-refractivity contribution in [3.8, 4) is 22.8 Å². The van der Waals surface area contributed by atoms with Gasteiger partial charge in [0.1, 0.15) is 0 Å². The number of nitrogens with one attached hydrogen (secondary N) is 1. The summed E-state index contributed by atoms with van der Waals surface area (Å²) in [6, 6.07) is 11.7. The fourth-order valence-electron chi connectivity index (χ4n) is 2.30. The van der Waals surface area contributed by atoms with Gasteiger partial charge in [0.25, 0.3) is 5.69 Å². The molecule has 8 nitrogen and oxygen atoms in total. The summed E-state index contributed by atoms with van der Waals surface area (Å²) < 4.78 is 10.5. The Morgan fingerprint density at radius 1 is 1.15 bits per heavy atom. The second kappa shape index (κ2) is 8.28. The molecule has 0 radical (unpaired) electrons. The lowest BCUT2D eigenvalue weighted by Gasteiger charge is -2.08. The Kier molecular flexibility index (Phi) is 5.62. The molecule has 1 N–H and O–H groups in total. The minimum atomic E-state index is -0.440. The summed E-state index contributed by atoms with van der Waals surface area (Å²) in [7, 11) is 3.17. The number of benzene rings is 2. The molecule has 1 aromatic heterocycles. The normalized spacial score (nSPS) is 10.7. The molecular weight excluding hydrogens is 368 g/mol. The minimum absolute atomic E-state index is 0.0413. The molecule has 27 heavy (non-hydrogen) atoms. The van der Waals surface area contributed by atoms with Crippen LogP contribution in [-0.2, 0) is 0 Å². The predicted octanol–water partition coefficient (Wildman–Crippen LogP) is 4.18. The topological polar surface area (TPSA) is 98.9 Å². The van der Waals surface area contributed by atoms with Crippen LogP contribution in [-0.4, -0.2) is 30.3 Å². The molecule has 0 aliphatic rings. The van der Waals surface area contributed by atoms with Gasteiger partial charge in [0.05, 0.1) is 31.1 Å². The first-order valence-corrected chi connectivity index (χ1v) is 8.70. The molecule has 3 aromatic rings. The van der Waals surface area contributed by atoms with Gasteiger partial charge in [-0.1, -0.05) is 0 Å². The molecule has 0 spiro atoms. The Bertz CT molecular complexity index is 970. The number of anilines is 1. The third kappa shape index (κ3) is 4.39. The van der Waals surface area contributed by atoms with Gasteiger partial charge in [-0.25, -0.2) is 4.98 Å². The van der Waals surface area contributed by atoms with Crippen molar-refractivity contribution in [1.29, 1.82) is 0 Å². The number of non-ortho nitro benzene ring substituents is 1. The highest BCUT2D eigenvalue weighted by atomic mass is 32.1. The fourth-order valence-corrected chi connectivity index (χ4v) is 2.97. The van der Waals surface area contributed by atoms with Crippen LogP contribution in [0.4, 0.5) is 10.8 Å². The van der Waals surface area contributed by atoms with Crippen molar-refractivity contribution in [3.05, 3.63) is 63.5 Å². The standard InChI is InChI=1S/C18H16N4O4S/c1-25-16-8-5-13(9-17(16)26-2)15-11-27-18(20-15)21-19-10-12-3-6-14(7-4-12)22(23)24/h3-11H,1-2H3,(H,20,21)/b19-10-. The fraction of sp³-hybridized carbons (Fsp3) is 0.111. The van der Waals surface area contributed by atoms with E-state index in [9.17, 15) is 10.1 Å². The van der Waals surface area contributed by atoms with Crippen molar-refractivity contribution < 1.29 is 14.4 Å². The zero-order valence-corrected chi connectivity index (χ0v) is 15.4. The van der Waals surface area contributed by atoms with Gasteiger partial charge in [0, 0.05) is 23.1 Å². The molecule has 0 saturated heterocycles. The number of hydrogen-bond donors (Lipinski definition) is 1. The van der Waals surface area contributed by atoms with E-state index in [-0.39, 0.29) is 5.69 Å². The van der Waals surface area contributed by atoms with Crippen LogP contribution in [0.15, 0.2) is 52.9 Å². The molecule has 0 amide bonds. The summed E-state index contributed by atoms with van der Waals surface area (Å²) in [5, 5.41) is 17.3. The number of nitrogens with zero attached hydrogens (tertiary/aromatic N) is 3. The average molecular weight is 384 g/mol. The van der Waals surface area contributed by atoms with Crippen molar-refractivity contribution in [2.24, 2.45) is 5.10 Å². The lowest BCUT2D eigenvalue weighted by atomic mass is 10.1. The first-order valence-electron chi connectivity index (χ1n) is 7.82. The van der Waals surface area contributed by atoms with Crippen molar-refractivity contribution in [1.82, 2.24) is 4.98 Å². The van der Waals surface area contributed by atoms with Gasteiger partial charge in [-0.3, -0.25) is 15.5 Å². The highest BCUT2D eigenvalue weighted by Crippen LogP contribution is 2.33. The number of hydrogen-bond acceptors (Lipinski definition) is 8. The third-order valence-corrected chi connectivity index (χ3v) is 4.41. The number of rotatable bonds is 7. The molecule has 0 fully saturated rings. The van der Waals surface area contributed by atoms with E-state index in [0.29, 0.717) is 16.6 Å². The smallest absolute Gasteiger partial charge is 0.269 e. The summed E-state index contributed by atoms with van der Waals surface area (Å²) in [4.78, 5) is 14.7. The summed E-state index contributed by atoms with van der Waals surface area (Å²) in [5.74, 6) is 1.29. The Labute approximate surface area is 159 Å². The molecule has 138 valence electrons. The van der Waals surface area contributed by atoms with Crippen molar-refractivity contribution in [3.63, 3.8) is 0 Å². The van der Waals surface area contributed by atoms with Crippen LogP contribution >= 0.6 is 11.3 Å². The Balaban J connectivity index is 1.68. The average Bonchev–Trinajstić information content (AvgIpc) is 3.16. The highest BCUT2D eigenvalue weighted by molar-refractivity contribution is 7.14. The molecule has 1 heterocycles. The van der Waals surface area contributed by atoms with Crippen molar-refractivity contribution in [2.45, 2.75) is 0 Å². The van der Waals surface area contributed by atoms with Gasteiger partial charge in [-0.2, -0.15) is 5.10 Å². The van der Waals surface area contributed by atoms with E-state index in [1.165, 1.54) is 23.5 Å². The summed E-state index contributed by atoms with van der Waals surface area (Å²) in [5.41, 5.74) is 5.33. The van der Waals surface area contributed by atoms with Gasteiger partial charge in [-0.15, -0.1) is 11.3 Å². The third-order valence-electron chi connectivity index (χ3n) is 3.66. The zero-order chi connectivity index (χ0) is 19.2. The van der Waals surface area contributed by atoms with Crippen LogP contribution < -0.4 is 14.9 Å². The number of methoxy groups -OCH3 is 2. The van der Waals surface area contributed by atoms with Crippen LogP contribution in [0.3, 0.4) is 0 Å². The zero-order valence-electron chi connectivity index (χ0n) is 14.6. The number of aromatic nitrogens is 1. The molecule has 0 saturated carbocycles. The van der Waals surface area contributed by atoms with E-state index in [1.54, 1.807) is 32.6 Å². The Morgan fingerprint density at radius 3 is 2.56 bits per heavy atom. The predicted molar refractivity (Wildman–Crippen MR) is 105 cm³/mol. The van der Waals surface area contributed by atoms with E-state index in [1.807, 2.05) is 23.6 Å². The molecule has 3 rings (SSSR count). The van der Waals surface area contributed by atoms with Crippen molar-refractivity contribution in [2.75, 3.05) is 19.6 Å². The lowest BCUT2D eigenvalue weighted by Crippen LogP contribution is -1.92. The second-order valence-corrected chi connectivity index (χ2v) is 6.18. The van der Waals surface area contributed by atoms with Crippen LogP contribution in [0.25, 0.3) is 11.3 Å². The van der Waals surface area contributed by atoms with E-state index in [2.05, 4.69) is 15.5 Å². The highest BCUT2D eigenvalue weighted by Gasteiger charge is 2.09. The number of ether oxygens (including phenoxy) is 2. The van der Waals surface area contributed by atoms with Gasteiger partial charge < -0.3 is 9.47 Å². The molecule has 2 aromatic carbocycles. The van der Waals surface area contributed by atoms with E-state index < -0.39 is 4.92 Å². The number of thiazole rings is 1. The van der Waals surface area contributed by atoms with Crippen LogP contribution in [0.2, 0.25) is 0 Å². The number of hydrazone groups is 1. The number of nitro benzene ring substituents is 1. The maximum Gasteiger partial charge on any atom is 0.269 e. The first kappa shape index (κ1) is 18.3. The maximum atomic E-state index is 10.6. The van der Waals surface area contributed by atoms with Crippen molar-refractivity contribution >= 4 is 28.4 Å². The van der Waals surface area contributed by atoms with Crippen LogP contribution in [0.1, 0.15) is 5.56 Å². The second-order valence-electron chi connectivity index (χ2n) is 5.33. The monoisotopic (exact) mass is 384 g/mol. The Morgan fingerprint density at radius 2 is 1.89 bits per heavy atom. The van der Waals surface area contributed by atoms with Gasteiger partial charge in [0.15, 0.2) is 11.5 Å². The van der Waals surface area contributed by atoms with Gasteiger partial charge in [-0.05, 0) is 35.9 Å². The Hall–Kier alpha value is -3.46. The minimum Gasteiger partial charge on any atom is -0.493 e. The molecule has 9 heteroatoms. The summed E-state index contributed by atoms with van der Waals surface area (Å²) in [6.45, 7) is 0. The first-order chi connectivity index (χ1) is 13.1. The molecule has 0 aliphatic carbocycles. The van der Waals surface area contributed by atoms with Crippen LogP contribution in [0, 0.1) is 10.1 Å². The van der Waals surface area contributed by atoms with Crippen LogP contribution in [0.5, 0.6) is 11.5 Å².